The van der Waals surface area contributed by atoms with Gasteiger partial charge in [0, 0.05) is 25.4 Å². The van der Waals surface area contributed by atoms with Crippen molar-refractivity contribution in [1.82, 2.24) is 14.9 Å². The Morgan fingerprint density at radius 2 is 2.05 bits per heavy atom. The summed E-state index contributed by atoms with van der Waals surface area (Å²) in [6.07, 6.45) is 5.68. The lowest BCUT2D eigenvalue weighted by Gasteiger charge is -2.19. The first-order valence-corrected chi connectivity index (χ1v) is 6.99. The van der Waals surface area contributed by atoms with Gasteiger partial charge in [0.1, 0.15) is 11.9 Å². The first-order valence-electron chi connectivity index (χ1n) is 6.99. The fraction of sp³-hybridized carbons (Fsp3) is 0.375. The molecule has 1 aliphatic rings. The van der Waals surface area contributed by atoms with Crippen LogP contribution in [0.2, 0.25) is 0 Å². The third kappa shape index (κ3) is 2.59. The highest BCUT2D eigenvalue weighted by Crippen LogP contribution is 2.30. The number of aryl methyl sites for hydroxylation is 2. The van der Waals surface area contributed by atoms with Crippen molar-refractivity contribution >= 4 is 5.91 Å². The average Bonchev–Trinajstić information content (AvgIpc) is 3.20. The number of carbonyl (C=O) groups is 1. The predicted molar refractivity (Wildman–Crippen MR) is 77.1 cm³/mol. The molecule has 1 atom stereocenters. The van der Waals surface area contributed by atoms with Crippen LogP contribution in [0, 0.1) is 12.8 Å². The van der Waals surface area contributed by atoms with E-state index in [4.69, 9.17) is 0 Å². The van der Waals surface area contributed by atoms with Gasteiger partial charge in [0.25, 0.3) is 0 Å². The zero-order valence-electron chi connectivity index (χ0n) is 11.8. The normalized spacial score (nSPS) is 15.9. The molecule has 1 unspecified atom stereocenters. The standard InChI is InChI=1S/C16H19N3O/c1-11-3-5-12(6-4-11)14(15-17-9-10-19(15)2)18-16(20)13-7-8-13/h3-6,9-10,13-14H,7-8H2,1-2H3,(H,18,20). The van der Waals surface area contributed by atoms with Crippen molar-refractivity contribution in [2.24, 2.45) is 13.0 Å². The van der Waals surface area contributed by atoms with Crippen molar-refractivity contribution in [2.75, 3.05) is 0 Å². The molecule has 1 fully saturated rings. The molecule has 20 heavy (non-hydrogen) atoms. The highest BCUT2D eigenvalue weighted by Gasteiger charge is 2.32. The number of benzene rings is 1. The van der Waals surface area contributed by atoms with Gasteiger partial charge in [-0.15, -0.1) is 0 Å². The number of amides is 1. The smallest absolute Gasteiger partial charge is 0.223 e. The van der Waals surface area contributed by atoms with Crippen molar-refractivity contribution in [3.63, 3.8) is 0 Å². The molecule has 2 aromatic rings. The van der Waals surface area contributed by atoms with E-state index in [1.165, 1.54) is 5.56 Å². The van der Waals surface area contributed by atoms with Gasteiger partial charge in [0.15, 0.2) is 0 Å². The summed E-state index contributed by atoms with van der Waals surface area (Å²) in [5.74, 6) is 1.20. The van der Waals surface area contributed by atoms with Crippen molar-refractivity contribution < 1.29 is 4.79 Å². The molecular formula is C16H19N3O. The van der Waals surface area contributed by atoms with E-state index < -0.39 is 0 Å². The van der Waals surface area contributed by atoms with Crippen LogP contribution in [0.1, 0.15) is 35.8 Å². The van der Waals surface area contributed by atoms with E-state index in [1.807, 2.05) is 17.8 Å². The minimum absolute atomic E-state index is 0.138. The van der Waals surface area contributed by atoms with E-state index in [-0.39, 0.29) is 17.9 Å². The van der Waals surface area contributed by atoms with Gasteiger partial charge in [-0.05, 0) is 25.3 Å². The summed E-state index contributed by atoms with van der Waals surface area (Å²) in [6, 6.07) is 8.07. The molecule has 1 saturated carbocycles. The molecule has 1 N–H and O–H groups in total. The van der Waals surface area contributed by atoms with Gasteiger partial charge in [-0.2, -0.15) is 0 Å². The Kier molecular flexibility index (Phi) is 3.30. The van der Waals surface area contributed by atoms with Gasteiger partial charge < -0.3 is 9.88 Å². The van der Waals surface area contributed by atoms with Crippen molar-refractivity contribution in [3.8, 4) is 0 Å². The Bertz CT molecular complexity index is 611. The number of hydrogen-bond donors (Lipinski definition) is 1. The lowest BCUT2D eigenvalue weighted by atomic mass is 10.0. The van der Waals surface area contributed by atoms with E-state index in [0.29, 0.717) is 0 Å². The summed E-state index contributed by atoms with van der Waals surface area (Å²) in [5.41, 5.74) is 2.28. The number of nitrogens with one attached hydrogen (secondary N) is 1. The van der Waals surface area contributed by atoms with Crippen LogP contribution >= 0.6 is 0 Å². The second kappa shape index (κ2) is 5.12. The highest BCUT2D eigenvalue weighted by atomic mass is 16.2. The largest absolute Gasteiger partial charge is 0.342 e. The molecular weight excluding hydrogens is 250 g/mol. The molecule has 1 aromatic carbocycles. The predicted octanol–water partition coefficient (Wildman–Crippen LogP) is 2.34. The van der Waals surface area contributed by atoms with Crippen LogP contribution in [-0.2, 0) is 11.8 Å². The fourth-order valence-electron chi connectivity index (χ4n) is 2.32. The van der Waals surface area contributed by atoms with Gasteiger partial charge in [0.2, 0.25) is 5.91 Å². The van der Waals surface area contributed by atoms with E-state index in [1.54, 1.807) is 6.20 Å². The zero-order valence-corrected chi connectivity index (χ0v) is 11.8. The van der Waals surface area contributed by atoms with Crippen LogP contribution in [0.25, 0.3) is 0 Å². The molecule has 3 rings (SSSR count). The monoisotopic (exact) mass is 269 g/mol. The van der Waals surface area contributed by atoms with Crippen molar-refractivity contribution in [3.05, 3.63) is 53.6 Å². The van der Waals surface area contributed by atoms with Crippen LogP contribution in [0.4, 0.5) is 0 Å². The lowest BCUT2D eigenvalue weighted by Crippen LogP contribution is -2.32. The molecule has 4 nitrogen and oxygen atoms in total. The molecule has 0 aliphatic heterocycles. The maximum absolute atomic E-state index is 12.1. The minimum Gasteiger partial charge on any atom is -0.342 e. The van der Waals surface area contributed by atoms with E-state index >= 15 is 0 Å². The third-order valence-electron chi connectivity index (χ3n) is 3.76. The van der Waals surface area contributed by atoms with Crippen LogP contribution in [0.5, 0.6) is 0 Å². The zero-order chi connectivity index (χ0) is 14.1. The molecule has 1 aliphatic carbocycles. The molecule has 1 aromatic heterocycles. The Hall–Kier alpha value is -2.10. The van der Waals surface area contributed by atoms with Gasteiger partial charge in [-0.3, -0.25) is 4.79 Å². The van der Waals surface area contributed by atoms with Gasteiger partial charge >= 0.3 is 0 Å². The Balaban J connectivity index is 1.92. The van der Waals surface area contributed by atoms with Crippen molar-refractivity contribution in [2.45, 2.75) is 25.8 Å². The average molecular weight is 269 g/mol. The van der Waals surface area contributed by atoms with Gasteiger partial charge in [0.05, 0.1) is 0 Å². The fourth-order valence-corrected chi connectivity index (χ4v) is 2.32. The number of carbonyl (C=O) groups excluding carboxylic acids is 1. The number of hydrogen-bond acceptors (Lipinski definition) is 2. The van der Waals surface area contributed by atoms with Crippen LogP contribution in [-0.4, -0.2) is 15.5 Å². The topological polar surface area (TPSA) is 46.9 Å². The lowest BCUT2D eigenvalue weighted by molar-refractivity contribution is -0.122. The van der Waals surface area contributed by atoms with Crippen LogP contribution in [0.15, 0.2) is 36.7 Å². The molecule has 1 amide bonds. The summed E-state index contributed by atoms with van der Waals surface area (Å²) in [6.45, 7) is 2.06. The highest BCUT2D eigenvalue weighted by molar-refractivity contribution is 5.81. The second-order valence-electron chi connectivity index (χ2n) is 5.52. The number of imidazole rings is 1. The Morgan fingerprint density at radius 3 is 2.60 bits per heavy atom. The summed E-state index contributed by atoms with van der Waals surface area (Å²) in [4.78, 5) is 16.5. The molecule has 104 valence electrons. The van der Waals surface area contributed by atoms with E-state index in [2.05, 4.69) is 41.5 Å². The summed E-state index contributed by atoms with van der Waals surface area (Å²) in [7, 11) is 1.95. The second-order valence-corrected chi connectivity index (χ2v) is 5.52. The molecule has 0 radical (unpaired) electrons. The Morgan fingerprint density at radius 1 is 1.35 bits per heavy atom. The molecule has 0 spiro atoms. The molecule has 0 bridgehead atoms. The SMILES string of the molecule is Cc1ccc(C(NC(=O)C2CC2)c2nccn2C)cc1. The summed E-state index contributed by atoms with van der Waals surface area (Å²) in [5, 5.41) is 3.14. The van der Waals surface area contributed by atoms with Gasteiger partial charge in [-0.25, -0.2) is 4.98 Å². The number of aromatic nitrogens is 2. The van der Waals surface area contributed by atoms with Crippen molar-refractivity contribution in [1.29, 1.82) is 0 Å². The maximum atomic E-state index is 12.1. The summed E-state index contributed by atoms with van der Waals surface area (Å²) < 4.78 is 1.96. The third-order valence-corrected chi connectivity index (χ3v) is 3.76. The van der Waals surface area contributed by atoms with Gasteiger partial charge in [-0.1, -0.05) is 29.8 Å². The van der Waals surface area contributed by atoms with E-state index in [9.17, 15) is 4.79 Å². The maximum Gasteiger partial charge on any atom is 0.223 e. The molecule has 4 heteroatoms. The molecule has 1 heterocycles. The number of nitrogens with zero attached hydrogens (tertiary/aromatic N) is 2. The first-order chi connectivity index (χ1) is 9.65. The first kappa shape index (κ1) is 12.9. The van der Waals surface area contributed by atoms with E-state index in [0.717, 1.165) is 24.2 Å². The minimum atomic E-state index is -0.177. The molecule has 0 saturated heterocycles. The van der Waals surface area contributed by atoms with Crippen LogP contribution in [0.3, 0.4) is 0 Å². The Labute approximate surface area is 118 Å². The quantitative estimate of drug-likeness (QED) is 0.926. The number of rotatable bonds is 4. The van der Waals surface area contributed by atoms with Crippen LogP contribution < -0.4 is 5.32 Å². The summed E-state index contributed by atoms with van der Waals surface area (Å²) >= 11 is 0.